The van der Waals surface area contributed by atoms with Crippen LogP contribution in [0.4, 0.5) is 0 Å². The van der Waals surface area contributed by atoms with Gasteiger partial charge in [-0.05, 0) is 63.0 Å². The molecule has 1 aromatic heterocycles. The number of para-hydroxylation sites is 1. The van der Waals surface area contributed by atoms with E-state index in [1.54, 1.807) is 0 Å². The Hall–Kier alpha value is -3.55. The summed E-state index contributed by atoms with van der Waals surface area (Å²) in [7, 11) is 0. The fraction of sp³-hybridized carbons (Fsp3) is 0.567. The third-order valence-corrected chi connectivity index (χ3v) is 7.54. The van der Waals surface area contributed by atoms with Gasteiger partial charge in [-0.2, -0.15) is 0 Å². The van der Waals surface area contributed by atoms with Crippen LogP contribution in [0.3, 0.4) is 0 Å². The van der Waals surface area contributed by atoms with E-state index in [4.69, 9.17) is 17.2 Å². The number of hydrogen-bond donors (Lipinski definition) is 7. The van der Waals surface area contributed by atoms with Crippen LogP contribution in [0.2, 0.25) is 0 Å². The van der Waals surface area contributed by atoms with E-state index < -0.39 is 36.0 Å². The second-order valence-electron chi connectivity index (χ2n) is 11.5. The van der Waals surface area contributed by atoms with Gasteiger partial charge in [0, 0.05) is 36.7 Å². The summed E-state index contributed by atoms with van der Waals surface area (Å²) in [5, 5.41) is 9.45. The summed E-state index contributed by atoms with van der Waals surface area (Å²) in [5.74, 6) is -1.51. The van der Waals surface area contributed by atoms with E-state index in [0.29, 0.717) is 38.8 Å². The summed E-state index contributed by atoms with van der Waals surface area (Å²) >= 11 is 0. The maximum Gasteiger partial charge on any atom is 0.245 e. The van der Waals surface area contributed by atoms with Gasteiger partial charge in [-0.3, -0.25) is 24.2 Å². The third kappa shape index (κ3) is 11.4. The van der Waals surface area contributed by atoms with Gasteiger partial charge in [-0.1, -0.05) is 32.0 Å². The van der Waals surface area contributed by atoms with Crippen molar-refractivity contribution in [2.45, 2.75) is 83.5 Å². The van der Waals surface area contributed by atoms with Gasteiger partial charge >= 0.3 is 0 Å². The lowest BCUT2D eigenvalue weighted by molar-refractivity contribution is -0.142. The quantitative estimate of drug-likeness (QED) is 0.0831. The second-order valence-corrected chi connectivity index (χ2v) is 11.5. The Morgan fingerprint density at radius 1 is 1.07 bits per heavy atom. The predicted molar refractivity (Wildman–Crippen MR) is 181 cm³/mol. The van der Waals surface area contributed by atoms with Crippen LogP contribution in [0.5, 0.6) is 0 Å². The van der Waals surface area contributed by atoms with E-state index in [1.165, 1.54) is 4.90 Å². The van der Waals surface area contributed by atoms with Gasteiger partial charge in [-0.25, -0.2) is 0 Å². The van der Waals surface area contributed by atoms with Crippen molar-refractivity contribution in [3.05, 3.63) is 36.0 Å². The number of hydrogen-bond acceptors (Lipinski definition) is 6. The number of carbonyl (C=O) groups excluding carboxylic acids is 4. The molecule has 4 atom stereocenters. The van der Waals surface area contributed by atoms with E-state index in [9.17, 15) is 19.2 Å². The van der Waals surface area contributed by atoms with Crippen LogP contribution >= 0.6 is 24.8 Å². The second kappa shape index (κ2) is 19.1. The monoisotopic (exact) mass is 669 g/mol. The van der Waals surface area contributed by atoms with Crippen LogP contribution in [-0.2, 0) is 25.6 Å². The number of aliphatic imine (C=N–C) groups is 1. The summed E-state index contributed by atoms with van der Waals surface area (Å²) in [4.78, 5) is 61.9. The third-order valence-electron chi connectivity index (χ3n) is 7.54. The van der Waals surface area contributed by atoms with E-state index in [-0.39, 0.29) is 67.9 Å². The first-order chi connectivity index (χ1) is 20.5. The molecule has 0 aliphatic carbocycles. The molecule has 4 amide bonds. The van der Waals surface area contributed by atoms with E-state index in [1.807, 2.05) is 51.2 Å². The fourth-order valence-electron chi connectivity index (χ4n) is 5.44. The number of rotatable bonds is 15. The first kappa shape index (κ1) is 39.5. The van der Waals surface area contributed by atoms with Crippen LogP contribution in [0.15, 0.2) is 35.5 Å². The molecule has 10 N–H and O–H groups in total. The summed E-state index contributed by atoms with van der Waals surface area (Å²) in [6.45, 7) is 6.84. The molecular weight excluding hydrogens is 621 g/mol. The van der Waals surface area contributed by atoms with Crippen LogP contribution < -0.4 is 33.2 Å². The summed E-state index contributed by atoms with van der Waals surface area (Å²) in [6.07, 6.45) is 4.37. The highest BCUT2D eigenvalue weighted by Gasteiger charge is 2.38. The molecule has 3 rings (SSSR count). The smallest absolute Gasteiger partial charge is 0.245 e. The minimum atomic E-state index is -0.928. The molecule has 45 heavy (non-hydrogen) atoms. The number of halogens is 2. The summed E-state index contributed by atoms with van der Waals surface area (Å²) < 4.78 is 0. The normalized spacial score (nSPS) is 16.1. The van der Waals surface area contributed by atoms with Crippen molar-refractivity contribution in [1.82, 2.24) is 25.8 Å². The molecule has 2 heterocycles. The largest absolute Gasteiger partial charge is 0.370 e. The number of likely N-dealkylation sites (N-methyl/N-ethyl adjacent to an activating group) is 1. The SMILES string of the molecule is CCNC(=O)[C@@H]1CCCN1C(=O)[C@H](CCCN=C(N)N)NC(=O)[C@H](CC(C)C)NC(=O)[C@H](N)Cc1c[nH]c2ccccc12.Cl.Cl. The Morgan fingerprint density at radius 2 is 1.76 bits per heavy atom. The van der Waals surface area contributed by atoms with E-state index in [2.05, 4.69) is 25.9 Å². The first-order valence-electron chi connectivity index (χ1n) is 15.1. The fourth-order valence-corrected chi connectivity index (χ4v) is 5.44. The number of benzene rings is 1. The summed E-state index contributed by atoms with van der Waals surface area (Å²) in [5.41, 5.74) is 19.0. The molecular formula is C30H49Cl2N9O4. The van der Waals surface area contributed by atoms with Gasteiger partial charge in [0.05, 0.1) is 6.04 Å². The molecule has 1 aliphatic rings. The van der Waals surface area contributed by atoms with Gasteiger partial charge < -0.3 is 43.0 Å². The number of amides is 4. The van der Waals surface area contributed by atoms with Crippen molar-refractivity contribution in [3.63, 3.8) is 0 Å². The van der Waals surface area contributed by atoms with Crippen LogP contribution in [0.25, 0.3) is 10.9 Å². The molecule has 252 valence electrons. The van der Waals surface area contributed by atoms with Crippen LogP contribution in [0, 0.1) is 5.92 Å². The van der Waals surface area contributed by atoms with Crippen molar-refractivity contribution in [2.24, 2.45) is 28.1 Å². The number of H-pyrrole nitrogens is 1. The Bertz CT molecular complexity index is 1300. The minimum Gasteiger partial charge on any atom is -0.370 e. The molecule has 15 heteroatoms. The average Bonchev–Trinajstić information content (AvgIpc) is 3.61. The topological polar surface area (TPSA) is 214 Å². The van der Waals surface area contributed by atoms with Crippen LogP contribution in [0.1, 0.15) is 58.4 Å². The highest BCUT2D eigenvalue weighted by Crippen LogP contribution is 2.21. The molecule has 1 fully saturated rings. The van der Waals surface area contributed by atoms with Crippen molar-refractivity contribution in [3.8, 4) is 0 Å². The number of aromatic amines is 1. The van der Waals surface area contributed by atoms with Crippen molar-refractivity contribution >= 4 is 65.3 Å². The Morgan fingerprint density at radius 3 is 2.42 bits per heavy atom. The molecule has 0 bridgehead atoms. The zero-order chi connectivity index (χ0) is 31.5. The standard InChI is InChI=1S/C30H47N9O4.2ClH/c1-4-34-28(42)25-12-8-14-39(25)29(43)23(11-7-13-35-30(32)33)37-27(41)24(15-18(2)3)38-26(40)21(31)16-19-17-36-22-10-6-5-9-20(19)22;;/h5-6,9-10,17-18,21,23-25,36H,4,7-8,11-16,31H2,1-3H3,(H,34,42)(H,37,41)(H,38,40)(H4,32,33,35);2*1H/t21-,23+,24+,25+;;/m1../s1. The van der Waals surface area contributed by atoms with Gasteiger partial charge in [-0.15, -0.1) is 24.8 Å². The highest BCUT2D eigenvalue weighted by molar-refractivity contribution is 5.95. The van der Waals surface area contributed by atoms with Crippen molar-refractivity contribution in [2.75, 3.05) is 19.6 Å². The van der Waals surface area contributed by atoms with E-state index >= 15 is 0 Å². The highest BCUT2D eigenvalue weighted by atomic mass is 35.5. The number of nitrogens with one attached hydrogen (secondary N) is 4. The number of guanidine groups is 1. The molecule has 1 saturated heterocycles. The molecule has 1 aromatic carbocycles. The molecule has 0 radical (unpaired) electrons. The first-order valence-corrected chi connectivity index (χ1v) is 15.1. The summed E-state index contributed by atoms with van der Waals surface area (Å²) in [6, 6.07) is 4.43. The van der Waals surface area contributed by atoms with Gasteiger partial charge in [0.2, 0.25) is 23.6 Å². The molecule has 13 nitrogen and oxygen atoms in total. The molecule has 0 saturated carbocycles. The lowest BCUT2D eigenvalue weighted by atomic mass is 10.0. The maximum atomic E-state index is 13.7. The van der Waals surface area contributed by atoms with Gasteiger partial charge in [0.1, 0.15) is 18.1 Å². The Kier molecular flexibility index (Phi) is 16.7. The maximum absolute atomic E-state index is 13.7. The average molecular weight is 671 g/mol. The van der Waals surface area contributed by atoms with Crippen LogP contribution in [-0.4, -0.2) is 83.3 Å². The number of nitrogens with two attached hydrogens (primary N) is 3. The van der Waals surface area contributed by atoms with Gasteiger partial charge in [0.15, 0.2) is 5.96 Å². The zero-order valence-electron chi connectivity index (χ0n) is 26.2. The predicted octanol–water partition coefficient (Wildman–Crippen LogP) is 1.08. The lowest BCUT2D eigenvalue weighted by Gasteiger charge is -2.30. The number of nitrogens with zero attached hydrogens (tertiary/aromatic N) is 2. The number of likely N-dealkylation sites (tertiary alicyclic amines) is 1. The number of aromatic nitrogens is 1. The lowest BCUT2D eigenvalue weighted by Crippen LogP contribution is -2.58. The zero-order valence-corrected chi connectivity index (χ0v) is 27.8. The minimum absolute atomic E-state index is 0. The molecule has 2 aromatic rings. The van der Waals surface area contributed by atoms with Crippen molar-refractivity contribution in [1.29, 1.82) is 0 Å². The molecule has 0 unspecified atom stereocenters. The molecule has 1 aliphatic heterocycles. The number of fused-ring (bicyclic) bond motifs is 1. The Labute approximate surface area is 277 Å². The molecule has 0 spiro atoms. The Balaban J connectivity index is 0.00000506. The van der Waals surface area contributed by atoms with Gasteiger partial charge in [0.25, 0.3) is 0 Å². The van der Waals surface area contributed by atoms with Crippen molar-refractivity contribution < 1.29 is 19.2 Å². The number of carbonyl (C=O) groups is 4. The van der Waals surface area contributed by atoms with E-state index in [0.717, 1.165) is 16.5 Å².